The molecule has 208 valence electrons. The van der Waals surface area contributed by atoms with Gasteiger partial charge in [0.15, 0.2) is 0 Å². The first-order valence-electron chi connectivity index (χ1n) is 12.3. The fourth-order valence-corrected chi connectivity index (χ4v) is 5.66. The fraction of sp³-hybridized carbons (Fsp3) is 0.286. The largest absolute Gasteiger partial charge is 0.492 e. The lowest BCUT2D eigenvalue weighted by molar-refractivity contribution is -0.139. The molecule has 0 saturated heterocycles. The third-order valence-corrected chi connectivity index (χ3v) is 8.59. The van der Waals surface area contributed by atoms with Crippen LogP contribution in [0, 0.1) is 6.92 Å². The van der Waals surface area contributed by atoms with Crippen molar-refractivity contribution >= 4 is 50.7 Å². The number of halogens is 2. The summed E-state index contributed by atoms with van der Waals surface area (Å²) in [4.78, 5) is 27.8. The van der Waals surface area contributed by atoms with Crippen molar-refractivity contribution in [3.8, 4) is 5.75 Å². The maximum atomic E-state index is 13.9. The van der Waals surface area contributed by atoms with Crippen LogP contribution in [0.5, 0.6) is 5.75 Å². The lowest BCUT2D eigenvalue weighted by Crippen LogP contribution is -2.50. The smallest absolute Gasteiger partial charge is 0.264 e. The van der Waals surface area contributed by atoms with Gasteiger partial charge in [0.2, 0.25) is 11.8 Å². The van der Waals surface area contributed by atoms with Gasteiger partial charge in [0.25, 0.3) is 10.0 Å². The Bertz CT molecular complexity index is 1430. The normalized spacial score (nSPS) is 11.9. The molecule has 0 spiro atoms. The van der Waals surface area contributed by atoms with E-state index >= 15 is 0 Å². The molecule has 0 saturated carbocycles. The van der Waals surface area contributed by atoms with Crippen LogP contribution in [0.1, 0.15) is 25.0 Å². The van der Waals surface area contributed by atoms with E-state index in [-0.39, 0.29) is 17.1 Å². The van der Waals surface area contributed by atoms with Crippen molar-refractivity contribution in [1.82, 2.24) is 10.2 Å². The second-order valence-corrected chi connectivity index (χ2v) is 11.5. The minimum absolute atomic E-state index is 0.00413. The predicted molar refractivity (Wildman–Crippen MR) is 154 cm³/mol. The third kappa shape index (κ3) is 7.23. The summed E-state index contributed by atoms with van der Waals surface area (Å²) in [6.45, 7) is 4.91. The average molecular weight is 593 g/mol. The quantitative estimate of drug-likeness (QED) is 0.336. The summed E-state index contributed by atoms with van der Waals surface area (Å²) >= 11 is 12.2. The van der Waals surface area contributed by atoms with Gasteiger partial charge in [-0.2, -0.15) is 0 Å². The first-order chi connectivity index (χ1) is 18.5. The molecule has 0 aromatic heterocycles. The summed E-state index contributed by atoms with van der Waals surface area (Å²) in [7, 11) is -2.74. The van der Waals surface area contributed by atoms with Crippen LogP contribution in [0.15, 0.2) is 71.6 Å². The van der Waals surface area contributed by atoms with Crippen molar-refractivity contribution < 1.29 is 22.7 Å². The Morgan fingerprint density at radius 2 is 1.67 bits per heavy atom. The Morgan fingerprint density at radius 1 is 1.00 bits per heavy atom. The molecule has 1 N–H and O–H groups in total. The van der Waals surface area contributed by atoms with Crippen LogP contribution in [-0.2, 0) is 26.2 Å². The Labute approximate surface area is 239 Å². The molecule has 0 bridgehead atoms. The van der Waals surface area contributed by atoms with Crippen LogP contribution in [0.4, 0.5) is 5.69 Å². The fourth-order valence-electron chi connectivity index (χ4n) is 3.92. The molecule has 0 radical (unpaired) electrons. The van der Waals surface area contributed by atoms with E-state index in [1.165, 1.54) is 24.1 Å². The molecule has 8 nitrogen and oxygen atoms in total. The van der Waals surface area contributed by atoms with Gasteiger partial charge in [-0.05, 0) is 62.7 Å². The molecule has 11 heteroatoms. The average Bonchev–Trinajstić information content (AvgIpc) is 2.92. The summed E-state index contributed by atoms with van der Waals surface area (Å²) in [5.41, 5.74) is 1.71. The minimum Gasteiger partial charge on any atom is -0.492 e. The van der Waals surface area contributed by atoms with E-state index in [9.17, 15) is 18.0 Å². The van der Waals surface area contributed by atoms with E-state index < -0.39 is 34.4 Å². The number of aryl methyl sites for hydroxylation is 1. The van der Waals surface area contributed by atoms with Gasteiger partial charge in [-0.1, -0.05) is 59.1 Å². The number of rotatable bonds is 11. The lowest BCUT2D eigenvalue weighted by atomic mass is 10.1. The predicted octanol–water partition coefficient (Wildman–Crippen LogP) is 5.06. The molecule has 3 aromatic rings. The van der Waals surface area contributed by atoms with Crippen LogP contribution in [0.25, 0.3) is 0 Å². The lowest BCUT2D eigenvalue weighted by Gasteiger charge is -2.32. The van der Waals surface area contributed by atoms with E-state index in [4.69, 9.17) is 27.9 Å². The molecule has 2 amide bonds. The first-order valence-corrected chi connectivity index (χ1v) is 14.4. The number of para-hydroxylation sites is 2. The van der Waals surface area contributed by atoms with Crippen LogP contribution in [0.3, 0.4) is 0 Å². The topological polar surface area (TPSA) is 96.0 Å². The number of anilines is 1. The van der Waals surface area contributed by atoms with Crippen LogP contribution in [-0.4, -0.2) is 51.4 Å². The molecule has 3 rings (SSSR count). The van der Waals surface area contributed by atoms with Crippen molar-refractivity contribution in [1.29, 1.82) is 0 Å². The number of hydrogen-bond acceptors (Lipinski definition) is 5. The summed E-state index contributed by atoms with van der Waals surface area (Å²) in [6.07, 6.45) is 0. The Balaban J connectivity index is 2.09. The molecule has 1 atom stereocenters. The molecule has 1 unspecified atom stereocenters. The van der Waals surface area contributed by atoms with Crippen LogP contribution >= 0.6 is 23.2 Å². The number of carbonyl (C=O) groups excluding carboxylic acids is 2. The third-order valence-electron chi connectivity index (χ3n) is 6.07. The number of nitrogens with one attached hydrogen (secondary N) is 1. The highest BCUT2D eigenvalue weighted by Crippen LogP contribution is 2.33. The Hall–Kier alpha value is -3.27. The molecular weight excluding hydrogens is 561 g/mol. The Morgan fingerprint density at radius 3 is 2.28 bits per heavy atom. The molecule has 0 aliphatic heterocycles. The van der Waals surface area contributed by atoms with Crippen molar-refractivity contribution in [2.24, 2.45) is 0 Å². The van der Waals surface area contributed by atoms with E-state index in [0.29, 0.717) is 28.0 Å². The van der Waals surface area contributed by atoms with E-state index in [1.54, 1.807) is 68.4 Å². The molecule has 0 heterocycles. The summed E-state index contributed by atoms with van der Waals surface area (Å²) in [6, 6.07) is 16.9. The molecule has 39 heavy (non-hydrogen) atoms. The number of likely N-dealkylation sites (N-methyl/N-ethyl adjacent to an activating group) is 1. The molecule has 0 fully saturated rings. The number of benzene rings is 3. The monoisotopic (exact) mass is 591 g/mol. The number of ether oxygens (including phenoxy) is 1. The van der Waals surface area contributed by atoms with Gasteiger partial charge in [-0.3, -0.25) is 13.9 Å². The maximum absolute atomic E-state index is 13.9. The van der Waals surface area contributed by atoms with E-state index in [0.717, 1.165) is 9.87 Å². The Kier molecular flexibility index (Phi) is 10.2. The SMILES string of the molecule is CCOc1ccccc1N(CC(=O)N(Cc1ccc(Cl)c(Cl)c1)C(C)C(=O)NC)S(=O)(=O)c1ccc(C)cc1. The molecular formula is C28H31Cl2N3O5S. The van der Waals surface area contributed by atoms with Gasteiger partial charge in [0, 0.05) is 13.6 Å². The van der Waals surface area contributed by atoms with E-state index in [1.807, 2.05) is 6.92 Å². The first kappa shape index (κ1) is 30.3. The van der Waals surface area contributed by atoms with Crippen molar-refractivity contribution in [2.75, 3.05) is 24.5 Å². The van der Waals surface area contributed by atoms with E-state index in [2.05, 4.69) is 5.32 Å². The second kappa shape index (κ2) is 13.2. The number of amides is 2. The summed E-state index contributed by atoms with van der Waals surface area (Å²) < 4.78 is 34.6. The van der Waals surface area contributed by atoms with Gasteiger partial charge >= 0.3 is 0 Å². The highest BCUT2D eigenvalue weighted by Gasteiger charge is 2.33. The number of sulfonamides is 1. The zero-order valence-corrected chi connectivity index (χ0v) is 24.5. The van der Waals surface area contributed by atoms with Gasteiger partial charge in [-0.25, -0.2) is 8.42 Å². The number of hydrogen-bond donors (Lipinski definition) is 1. The van der Waals surface area contributed by atoms with Crippen molar-refractivity contribution in [2.45, 2.75) is 38.3 Å². The highest BCUT2D eigenvalue weighted by molar-refractivity contribution is 7.92. The maximum Gasteiger partial charge on any atom is 0.264 e. The van der Waals surface area contributed by atoms with Crippen molar-refractivity contribution in [3.05, 3.63) is 87.9 Å². The zero-order chi connectivity index (χ0) is 28.7. The van der Waals surface area contributed by atoms with Gasteiger partial charge in [0.05, 0.1) is 27.2 Å². The van der Waals surface area contributed by atoms with Crippen molar-refractivity contribution in [3.63, 3.8) is 0 Å². The van der Waals surface area contributed by atoms with Gasteiger partial charge in [-0.15, -0.1) is 0 Å². The minimum atomic E-state index is -4.21. The number of carbonyl (C=O) groups is 2. The van der Waals surface area contributed by atoms with Crippen LogP contribution < -0.4 is 14.4 Å². The highest BCUT2D eigenvalue weighted by atomic mass is 35.5. The summed E-state index contributed by atoms with van der Waals surface area (Å²) in [5.74, 6) is -0.705. The molecule has 0 aliphatic rings. The van der Waals surface area contributed by atoms with Gasteiger partial charge < -0.3 is 15.0 Å². The standard InChI is InChI=1S/C28H31Cl2N3O5S/c1-5-38-26-9-7-6-8-25(26)33(39(36,37)22-13-10-19(2)11-14-22)18-27(34)32(20(3)28(35)31-4)17-21-12-15-23(29)24(30)16-21/h6-16,20H,5,17-18H2,1-4H3,(H,31,35). The second-order valence-electron chi connectivity index (χ2n) is 8.79. The zero-order valence-electron chi connectivity index (χ0n) is 22.1. The van der Waals surface area contributed by atoms with Crippen LogP contribution in [0.2, 0.25) is 10.0 Å². The molecule has 3 aromatic carbocycles. The summed E-state index contributed by atoms with van der Waals surface area (Å²) in [5, 5.41) is 3.19. The number of nitrogens with zero attached hydrogens (tertiary/aromatic N) is 2. The van der Waals surface area contributed by atoms with Gasteiger partial charge in [0.1, 0.15) is 18.3 Å². The molecule has 0 aliphatic carbocycles.